The Kier molecular flexibility index (Phi) is 6.20. The van der Waals surface area contributed by atoms with Crippen molar-refractivity contribution in [2.45, 2.75) is 26.3 Å². The molecule has 0 spiro atoms. The number of benzene rings is 2. The largest absolute Gasteiger partial charge is 0.378 e. The number of allylic oxidation sites excluding steroid dienone is 2. The van der Waals surface area contributed by atoms with Crippen molar-refractivity contribution >= 4 is 11.5 Å². The minimum atomic E-state index is -0.456. The maximum Gasteiger partial charge on any atom is 0.172 e. The van der Waals surface area contributed by atoms with Gasteiger partial charge in [-0.1, -0.05) is 60.7 Å². The van der Waals surface area contributed by atoms with Gasteiger partial charge in [-0.05, 0) is 20.8 Å². The molecule has 0 aliphatic heterocycles. The van der Waals surface area contributed by atoms with Gasteiger partial charge in [0.25, 0.3) is 0 Å². The molecule has 2 aromatic rings. The molecule has 0 saturated carbocycles. The van der Waals surface area contributed by atoms with Gasteiger partial charge in [0.1, 0.15) is 0 Å². The van der Waals surface area contributed by atoms with Crippen LogP contribution in [0.5, 0.6) is 0 Å². The number of nitriles is 2. The van der Waals surface area contributed by atoms with Crippen molar-refractivity contribution in [3.8, 4) is 12.1 Å². The Hall–Kier alpha value is -3.50. The zero-order valence-corrected chi connectivity index (χ0v) is 15.2. The van der Waals surface area contributed by atoms with E-state index in [2.05, 4.69) is 6.07 Å². The van der Waals surface area contributed by atoms with Gasteiger partial charge in [-0.25, -0.2) is 5.06 Å². The molecule has 0 atom stereocenters. The lowest BCUT2D eigenvalue weighted by atomic mass is 10.0. The molecule has 0 unspecified atom stereocenters. The first-order valence-electron chi connectivity index (χ1n) is 8.26. The zero-order chi connectivity index (χ0) is 19.0. The Bertz CT molecular complexity index is 864. The van der Waals surface area contributed by atoms with Gasteiger partial charge in [-0.15, -0.1) is 0 Å². The molecule has 0 radical (unpaired) electrons. The third-order valence-electron chi connectivity index (χ3n) is 3.54. The number of hydroxylamine groups is 2. The van der Waals surface area contributed by atoms with Crippen LogP contribution >= 0.6 is 0 Å². The molecule has 2 aromatic carbocycles. The maximum absolute atomic E-state index is 9.29. The summed E-state index contributed by atoms with van der Waals surface area (Å²) in [7, 11) is 0. The topological polar surface area (TPSA) is 60.0 Å². The molecule has 0 heterocycles. The molecule has 0 aliphatic carbocycles. The third-order valence-corrected chi connectivity index (χ3v) is 3.54. The van der Waals surface area contributed by atoms with E-state index in [4.69, 9.17) is 4.84 Å². The summed E-state index contributed by atoms with van der Waals surface area (Å²) in [5.41, 5.74) is 1.81. The number of hydrogen-bond acceptors (Lipinski definition) is 4. The smallest absolute Gasteiger partial charge is 0.172 e. The average molecular weight is 343 g/mol. The Balaban J connectivity index is 2.51. The molecular formula is C22H21N3O. The Labute approximate surface area is 154 Å². The number of hydrogen-bond donors (Lipinski definition) is 0. The summed E-state index contributed by atoms with van der Waals surface area (Å²) in [6.07, 6.45) is 2.82. The molecule has 26 heavy (non-hydrogen) atoms. The van der Waals surface area contributed by atoms with Crippen LogP contribution in [0.4, 0.5) is 0 Å². The first-order valence-corrected chi connectivity index (χ1v) is 8.26. The van der Waals surface area contributed by atoms with Gasteiger partial charge in [-0.2, -0.15) is 10.5 Å². The summed E-state index contributed by atoms with van der Waals surface area (Å²) in [5, 5.41) is 20.1. The van der Waals surface area contributed by atoms with Crippen molar-refractivity contribution < 1.29 is 4.84 Å². The van der Waals surface area contributed by atoms with E-state index in [9.17, 15) is 10.5 Å². The lowest BCUT2D eigenvalue weighted by molar-refractivity contribution is -0.0935. The lowest BCUT2D eigenvalue weighted by Crippen LogP contribution is -2.39. The van der Waals surface area contributed by atoms with Gasteiger partial charge in [0.05, 0.1) is 29.5 Å². The SMILES string of the molecule is CC(C)(C)N(O/C(=C/C#N)c1ccccc1)/C(=C/C#N)c1ccccc1. The molecule has 0 bridgehead atoms. The normalized spacial score (nSPS) is 12.0. The molecule has 0 aliphatic rings. The highest BCUT2D eigenvalue weighted by Crippen LogP contribution is 2.31. The Morgan fingerprint density at radius 1 is 0.846 bits per heavy atom. The molecule has 0 N–H and O–H groups in total. The van der Waals surface area contributed by atoms with Gasteiger partial charge < -0.3 is 4.84 Å². The molecule has 0 aromatic heterocycles. The van der Waals surface area contributed by atoms with E-state index in [-0.39, 0.29) is 0 Å². The van der Waals surface area contributed by atoms with Crippen LogP contribution in [0, 0.1) is 22.7 Å². The fourth-order valence-corrected chi connectivity index (χ4v) is 2.40. The van der Waals surface area contributed by atoms with Crippen LogP contribution in [0.1, 0.15) is 31.9 Å². The summed E-state index contributed by atoms with van der Waals surface area (Å²) < 4.78 is 0. The fraction of sp³-hybridized carbons (Fsp3) is 0.182. The van der Waals surface area contributed by atoms with Crippen molar-refractivity contribution in [1.82, 2.24) is 5.06 Å². The van der Waals surface area contributed by atoms with E-state index in [0.717, 1.165) is 11.1 Å². The summed E-state index contributed by atoms with van der Waals surface area (Å²) in [5.74, 6) is 0.419. The number of nitrogens with zero attached hydrogens (tertiary/aromatic N) is 3. The van der Waals surface area contributed by atoms with Crippen LogP contribution in [0.2, 0.25) is 0 Å². The van der Waals surface area contributed by atoms with Gasteiger partial charge in [0.2, 0.25) is 0 Å². The second kappa shape index (κ2) is 8.55. The minimum Gasteiger partial charge on any atom is -0.378 e. The van der Waals surface area contributed by atoms with Crippen molar-refractivity contribution in [1.29, 1.82) is 10.5 Å². The Morgan fingerprint density at radius 2 is 1.35 bits per heavy atom. The van der Waals surface area contributed by atoms with Crippen LogP contribution in [0.25, 0.3) is 11.5 Å². The molecule has 0 amide bonds. The van der Waals surface area contributed by atoms with Crippen LogP contribution in [0.15, 0.2) is 72.8 Å². The molecule has 4 heteroatoms. The summed E-state index contributed by atoms with van der Waals surface area (Å²) in [6, 6.07) is 23.1. The van der Waals surface area contributed by atoms with Crippen LogP contribution < -0.4 is 0 Å². The minimum absolute atomic E-state index is 0.419. The molecule has 0 fully saturated rings. The van der Waals surface area contributed by atoms with Crippen LogP contribution in [-0.4, -0.2) is 10.6 Å². The molecule has 4 nitrogen and oxygen atoms in total. The third kappa shape index (κ3) is 4.75. The number of rotatable bonds is 5. The molecule has 130 valence electrons. The average Bonchev–Trinajstić information content (AvgIpc) is 2.64. The zero-order valence-electron chi connectivity index (χ0n) is 15.2. The molecule has 0 saturated heterocycles. The fourth-order valence-electron chi connectivity index (χ4n) is 2.40. The van der Waals surface area contributed by atoms with Crippen LogP contribution in [-0.2, 0) is 4.84 Å². The van der Waals surface area contributed by atoms with E-state index in [1.807, 2.05) is 87.5 Å². The highest BCUT2D eigenvalue weighted by Gasteiger charge is 2.28. The van der Waals surface area contributed by atoms with E-state index in [0.29, 0.717) is 11.5 Å². The van der Waals surface area contributed by atoms with E-state index < -0.39 is 5.54 Å². The monoisotopic (exact) mass is 343 g/mol. The quantitative estimate of drug-likeness (QED) is 0.428. The predicted octanol–water partition coefficient (Wildman–Crippen LogP) is 5.15. The van der Waals surface area contributed by atoms with Gasteiger partial charge >= 0.3 is 0 Å². The van der Waals surface area contributed by atoms with Crippen molar-refractivity contribution in [3.63, 3.8) is 0 Å². The van der Waals surface area contributed by atoms with Crippen molar-refractivity contribution in [2.75, 3.05) is 0 Å². The summed E-state index contributed by atoms with van der Waals surface area (Å²) in [6.45, 7) is 5.95. The lowest BCUT2D eigenvalue weighted by Gasteiger charge is -2.38. The van der Waals surface area contributed by atoms with Gasteiger partial charge in [-0.3, -0.25) is 0 Å². The maximum atomic E-state index is 9.29. The van der Waals surface area contributed by atoms with Crippen molar-refractivity contribution in [2.24, 2.45) is 0 Å². The van der Waals surface area contributed by atoms with E-state index >= 15 is 0 Å². The van der Waals surface area contributed by atoms with E-state index in [1.165, 1.54) is 12.2 Å². The summed E-state index contributed by atoms with van der Waals surface area (Å²) in [4.78, 5) is 6.16. The van der Waals surface area contributed by atoms with Gasteiger partial charge in [0.15, 0.2) is 5.76 Å². The second-order valence-corrected chi connectivity index (χ2v) is 6.58. The standard InChI is InChI=1S/C22H21N3O/c1-22(2,3)25(20(14-16-23)18-10-6-4-7-11-18)26-21(15-17-24)19-12-8-5-9-13-19/h4-15H,1-3H3/b20-14+,21-15+. The van der Waals surface area contributed by atoms with E-state index in [1.54, 1.807) is 5.06 Å². The molecule has 2 rings (SSSR count). The second-order valence-electron chi connectivity index (χ2n) is 6.58. The predicted molar refractivity (Wildman–Crippen MR) is 103 cm³/mol. The first-order chi connectivity index (χ1) is 12.5. The Morgan fingerprint density at radius 3 is 1.81 bits per heavy atom. The van der Waals surface area contributed by atoms with Gasteiger partial charge in [0, 0.05) is 17.2 Å². The highest BCUT2D eigenvalue weighted by atomic mass is 16.7. The molecular weight excluding hydrogens is 322 g/mol. The highest BCUT2D eigenvalue weighted by molar-refractivity contribution is 5.68. The first kappa shape index (κ1) is 18.8. The summed E-state index contributed by atoms with van der Waals surface area (Å²) >= 11 is 0. The van der Waals surface area contributed by atoms with Crippen LogP contribution in [0.3, 0.4) is 0 Å². The van der Waals surface area contributed by atoms with Crippen molar-refractivity contribution in [3.05, 3.63) is 83.9 Å².